The minimum atomic E-state index is -0.116. The van der Waals surface area contributed by atoms with Crippen LogP contribution < -0.4 is 10.2 Å². The second-order valence-corrected chi connectivity index (χ2v) is 9.10. The first-order valence-electron chi connectivity index (χ1n) is 10.8. The predicted octanol–water partition coefficient (Wildman–Crippen LogP) is 3.07. The van der Waals surface area contributed by atoms with E-state index in [9.17, 15) is 9.59 Å². The molecule has 2 aliphatic rings. The number of piperidine rings is 1. The third kappa shape index (κ3) is 5.50. The first kappa shape index (κ1) is 21.6. The van der Waals surface area contributed by atoms with Crippen LogP contribution in [0.2, 0.25) is 0 Å². The van der Waals surface area contributed by atoms with Gasteiger partial charge < -0.3 is 19.9 Å². The normalized spacial score (nSPS) is 20.9. The van der Waals surface area contributed by atoms with Crippen LogP contribution in [0.4, 0.5) is 5.69 Å². The van der Waals surface area contributed by atoms with Gasteiger partial charge in [-0.15, -0.1) is 0 Å². The van der Waals surface area contributed by atoms with Gasteiger partial charge in [0.25, 0.3) is 5.91 Å². The highest BCUT2D eigenvalue weighted by atomic mass is 16.5. The molecule has 3 rings (SSSR count). The van der Waals surface area contributed by atoms with Crippen LogP contribution in [0.15, 0.2) is 24.3 Å². The van der Waals surface area contributed by atoms with Gasteiger partial charge in [0.05, 0.1) is 11.7 Å². The van der Waals surface area contributed by atoms with Crippen LogP contribution in [-0.4, -0.2) is 62.1 Å². The molecule has 0 aliphatic carbocycles. The number of nitrogens with zero attached hydrogens (tertiary/aromatic N) is 2. The summed E-state index contributed by atoms with van der Waals surface area (Å²) in [5.74, 6) is 0.594. The van der Waals surface area contributed by atoms with Gasteiger partial charge in [0.1, 0.15) is 0 Å². The highest BCUT2D eigenvalue weighted by Gasteiger charge is 2.43. The maximum absolute atomic E-state index is 12.5. The molecular weight excluding hydrogens is 366 g/mol. The van der Waals surface area contributed by atoms with E-state index in [4.69, 9.17) is 4.74 Å². The molecule has 1 aromatic rings. The molecule has 0 saturated carbocycles. The van der Waals surface area contributed by atoms with Gasteiger partial charge in [0.15, 0.2) is 0 Å². The van der Waals surface area contributed by atoms with Crippen molar-refractivity contribution in [1.29, 1.82) is 0 Å². The number of carbonyl (C=O) groups is 2. The highest BCUT2D eigenvalue weighted by Crippen LogP contribution is 2.39. The van der Waals surface area contributed by atoms with E-state index in [0.717, 1.165) is 44.5 Å². The average molecular weight is 402 g/mol. The van der Waals surface area contributed by atoms with E-state index < -0.39 is 0 Å². The van der Waals surface area contributed by atoms with Crippen LogP contribution in [-0.2, 0) is 9.53 Å². The summed E-state index contributed by atoms with van der Waals surface area (Å²) < 4.78 is 6.39. The van der Waals surface area contributed by atoms with Crippen molar-refractivity contribution in [2.75, 3.05) is 38.6 Å². The fourth-order valence-electron chi connectivity index (χ4n) is 4.28. The van der Waals surface area contributed by atoms with Crippen molar-refractivity contribution in [1.82, 2.24) is 10.2 Å². The monoisotopic (exact) mass is 401 g/mol. The van der Waals surface area contributed by atoms with Gasteiger partial charge in [-0.2, -0.15) is 0 Å². The molecule has 2 heterocycles. The number of nitrogens with one attached hydrogen (secondary N) is 1. The molecule has 1 spiro atoms. The Bertz CT molecular complexity index is 724. The lowest BCUT2D eigenvalue weighted by molar-refractivity contribution is -0.138. The number of hydrogen-bond acceptors (Lipinski definition) is 4. The third-order valence-electron chi connectivity index (χ3n) is 6.06. The highest BCUT2D eigenvalue weighted by molar-refractivity contribution is 5.95. The van der Waals surface area contributed by atoms with Gasteiger partial charge in [0, 0.05) is 51.4 Å². The molecule has 6 heteroatoms. The van der Waals surface area contributed by atoms with E-state index in [1.165, 1.54) is 0 Å². The second kappa shape index (κ2) is 9.16. The number of ether oxygens (including phenoxy) is 1. The Kier molecular flexibility index (Phi) is 6.83. The van der Waals surface area contributed by atoms with Crippen molar-refractivity contribution >= 4 is 17.5 Å². The lowest BCUT2D eigenvalue weighted by atomic mass is 9.88. The number of carbonyl (C=O) groups excluding carboxylic acids is 2. The molecule has 1 aromatic carbocycles. The molecule has 2 saturated heterocycles. The van der Waals surface area contributed by atoms with Crippen LogP contribution >= 0.6 is 0 Å². The van der Waals surface area contributed by atoms with Crippen molar-refractivity contribution in [3.8, 4) is 0 Å². The zero-order valence-electron chi connectivity index (χ0n) is 18.2. The maximum atomic E-state index is 12.5. The van der Waals surface area contributed by atoms with Gasteiger partial charge in [-0.3, -0.25) is 9.59 Å². The zero-order chi connectivity index (χ0) is 21.0. The van der Waals surface area contributed by atoms with Crippen molar-refractivity contribution < 1.29 is 14.3 Å². The molecule has 2 aliphatic heterocycles. The Labute approximate surface area is 174 Å². The predicted molar refractivity (Wildman–Crippen MR) is 115 cm³/mol. The standard InChI is InChI=1S/C23H35N3O3/c1-17(2)14-21(27)26-12-10-23(11-13-26)9-8-20(29-23)16-24-22(28)18-6-5-7-19(15-18)25(3)4/h5-7,15,17,20H,8-14,16H2,1-4H3,(H,24,28). The number of amides is 2. The molecule has 1 N–H and O–H groups in total. The molecule has 29 heavy (non-hydrogen) atoms. The van der Waals surface area contributed by atoms with Crippen LogP contribution in [0.1, 0.15) is 56.3 Å². The lowest BCUT2D eigenvalue weighted by Crippen LogP contribution is -2.47. The molecule has 160 valence electrons. The Balaban J connectivity index is 1.46. The summed E-state index contributed by atoms with van der Waals surface area (Å²) in [5.41, 5.74) is 1.56. The fourth-order valence-corrected chi connectivity index (χ4v) is 4.28. The van der Waals surface area contributed by atoms with Gasteiger partial charge >= 0.3 is 0 Å². The first-order chi connectivity index (χ1) is 13.8. The van der Waals surface area contributed by atoms with Crippen LogP contribution in [0, 0.1) is 5.92 Å². The van der Waals surface area contributed by atoms with Crippen molar-refractivity contribution in [3.63, 3.8) is 0 Å². The van der Waals surface area contributed by atoms with E-state index in [0.29, 0.717) is 24.4 Å². The Hall–Kier alpha value is -2.08. The van der Waals surface area contributed by atoms with Crippen molar-refractivity contribution in [2.24, 2.45) is 5.92 Å². The van der Waals surface area contributed by atoms with Gasteiger partial charge in [-0.25, -0.2) is 0 Å². The quantitative estimate of drug-likeness (QED) is 0.796. The summed E-state index contributed by atoms with van der Waals surface area (Å²) in [4.78, 5) is 28.8. The Morgan fingerprint density at radius 3 is 2.62 bits per heavy atom. The molecule has 6 nitrogen and oxygen atoms in total. The minimum Gasteiger partial charge on any atom is -0.378 e. The van der Waals surface area contributed by atoms with Crippen LogP contribution in [0.3, 0.4) is 0 Å². The topological polar surface area (TPSA) is 61.9 Å². The van der Waals surface area contributed by atoms with Crippen LogP contribution in [0.5, 0.6) is 0 Å². The first-order valence-corrected chi connectivity index (χ1v) is 10.8. The molecule has 0 bridgehead atoms. The second-order valence-electron chi connectivity index (χ2n) is 9.10. The average Bonchev–Trinajstić information content (AvgIpc) is 3.08. The van der Waals surface area contributed by atoms with Crippen LogP contribution in [0.25, 0.3) is 0 Å². The smallest absolute Gasteiger partial charge is 0.251 e. The van der Waals surface area contributed by atoms with Gasteiger partial charge in [0.2, 0.25) is 5.91 Å². The number of hydrogen-bond donors (Lipinski definition) is 1. The summed E-state index contributed by atoms with van der Waals surface area (Å²) in [6.07, 6.45) is 4.43. The van der Waals surface area contributed by atoms with Gasteiger partial charge in [-0.1, -0.05) is 19.9 Å². The molecule has 1 atom stereocenters. The molecule has 0 radical (unpaired) electrons. The Morgan fingerprint density at radius 1 is 1.24 bits per heavy atom. The maximum Gasteiger partial charge on any atom is 0.251 e. The van der Waals surface area contributed by atoms with E-state index in [1.807, 2.05) is 48.2 Å². The molecule has 0 aromatic heterocycles. The largest absolute Gasteiger partial charge is 0.378 e. The molecule has 1 unspecified atom stereocenters. The summed E-state index contributed by atoms with van der Waals surface area (Å²) in [7, 11) is 3.93. The fraction of sp³-hybridized carbons (Fsp3) is 0.652. The molecule has 2 amide bonds. The van der Waals surface area contributed by atoms with Gasteiger partial charge in [-0.05, 0) is 49.8 Å². The molecule has 2 fully saturated rings. The number of rotatable bonds is 6. The number of benzene rings is 1. The zero-order valence-corrected chi connectivity index (χ0v) is 18.2. The Morgan fingerprint density at radius 2 is 1.97 bits per heavy atom. The number of likely N-dealkylation sites (tertiary alicyclic amines) is 1. The van der Waals surface area contributed by atoms with E-state index >= 15 is 0 Å². The van der Waals surface area contributed by atoms with E-state index in [1.54, 1.807) is 0 Å². The lowest BCUT2D eigenvalue weighted by Gasteiger charge is -2.39. The summed E-state index contributed by atoms with van der Waals surface area (Å²) >= 11 is 0. The number of anilines is 1. The summed E-state index contributed by atoms with van der Waals surface area (Å²) in [6.45, 7) is 6.25. The summed E-state index contributed by atoms with van der Waals surface area (Å²) in [5, 5.41) is 3.03. The third-order valence-corrected chi connectivity index (χ3v) is 6.06. The van der Waals surface area contributed by atoms with Crippen molar-refractivity contribution in [3.05, 3.63) is 29.8 Å². The summed E-state index contributed by atoms with van der Waals surface area (Å²) in [6, 6.07) is 7.62. The van der Waals surface area contributed by atoms with E-state index in [-0.39, 0.29) is 23.5 Å². The minimum absolute atomic E-state index is 0.0499. The molecular formula is C23H35N3O3. The van der Waals surface area contributed by atoms with E-state index in [2.05, 4.69) is 19.2 Å². The SMILES string of the molecule is CC(C)CC(=O)N1CCC2(CCC(CNC(=O)c3cccc(N(C)C)c3)O2)CC1. The van der Waals surface area contributed by atoms with Crippen molar-refractivity contribution in [2.45, 2.75) is 57.7 Å².